The fourth-order valence-corrected chi connectivity index (χ4v) is 4.05. The maximum Gasteiger partial charge on any atom is 0.258 e. The van der Waals surface area contributed by atoms with Crippen LogP contribution in [0.1, 0.15) is 54.9 Å². The van der Waals surface area contributed by atoms with Crippen LogP contribution in [-0.4, -0.2) is 44.6 Å². The molecule has 1 aliphatic heterocycles. The van der Waals surface area contributed by atoms with Gasteiger partial charge in [-0.25, -0.2) is 0 Å². The molecule has 1 heterocycles. The Hall–Kier alpha value is -2.74. The van der Waals surface area contributed by atoms with Crippen LogP contribution in [0.3, 0.4) is 0 Å². The molecule has 0 N–H and O–H groups in total. The first-order chi connectivity index (χ1) is 13.6. The summed E-state index contributed by atoms with van der Waals surface area (Å²) in [6.45, 7) is 4.63. The Labute approximate surface area is 167 Å². The first kappa shape index (κ1) is 20.0. The van der Waals surface area contributed by atoms with E-state index in [-0.39, 0.29) is 5.91 Å². The number of hydrogen-bond acceptors (Lipinski definition) is 4. The van der Waals surface area contributed by atoms with Crippen molar-refractivity contribution in [3.63, 3.8) is 0 Å². The highest BCUT2D eigenvalue weighted by atomic mass is 16.5. The fourth-order valence-electron chi connectivity index (χ4n) is 4.05. The normalized spacial score (nSPS) is 14.0. The average molecular weight is 380 g/mol. The lowest BCUT2D eigenvalue weighted by Gasteiger charge is -2.32. The van der Waals surface area contributed by atoms with Crippen LogP contribution in [0.4, 0.5) is 5.69 Å². The lowest BCUT2D eigenvalue weighted by molar-refractivity contribution is 0.0792. The Morgan fingerprint density at radius 1 is 1.21 bits per heavy atom. The average Bonchev–Trinajstić information content (AvgIpc) is 2.75. The minimum absolute atomic E-state index is 0.0943. The van der Waals surface area contributed by atoms with Crippen LogP contribution in [0.25, 0.3) is 10.8 Å². The van der Waals surface area contributed by atoms with Crippen molar-refractivity contribution in [2.75, 3.05) is 38.7 Å². The number of carbonyl (C=O) groups is 1. The molecule has 0 saturated carbocycles. The maximum atomic E-state index is 13.3. The number of anilines is 1. The van der Waals surface area contributed by atoms with Crippen molar-refractivity contribution in [1.29, 1.82) is 5.26 Å². The van der Waals surface area contributed by atoms with Crippen molar-refractivity contribution in [3.8, 4) is 11.8 Å². The molecule has 0 radical (unpaired) electrons. The molecule has 5 heteroatoms. The van der Waals surface area contributed by atoms with E-state index < -0.39 is 0 Å². The van der Waals surface area contributed by atoms with Gasteiger partial charge in [-0.15, -0.1) is 0 Å². The standard InChI is InChI=1S/C23H29N3O2/c1-4-5-13-25(2)23(27)20-17-11-7-8-12-18(17)21(19(16-24)22(20)28-3)26-14-9-6-10-15-26/h7-8,11-12H,4-6,9-10,13-15H2,1-3H3. The van der Waals surface area contributed by atoms with Crippen LogP contribution in [0.5, 0.6) is 5.75 Å². The first-order valence-corrected chi connectivity index (χ1v) is 10.2. The third-order valence-corrected chi connectivity index (χ3v) is 5.54. The van der Waals surface area contributed by atoms with Gasteiger partial charge in [0, 0.05) is 37.5 Å². The molecule has 0 bridgehead atoms. The van der Waals surface area contributed by atoms with E-state index in [9.17, 15) is 10.1 Å². The van der Waals surface area contributed by atoms with Gasteiger partial charge in [0.2, 0.25) is 0 Å². The Balaban J connectivity index is 2.25. The maximum absolute atomic E-state index is 13.3. The summed E-state index contributed by atoms with van der Waals surface area (Å²) in [6, 6.07) is 10.2. The summed E-state index contributed by atoms with van der Waals surface area (Å²) in [5.74, 6) is 0.304. The van der Waals surface area contributed by atoms with Gasteiger partial charge in [-0.1, -0.05) is 37.6 Å². The van der Waals surface area contributed by atoms with Crippen molar-refractivity contribution in [3.05, 3.63) is 35.4 Å². The predicted octanol–water partition coefficient (Wildman–Crippen LogP) is 4.58. The van der Waals surface area contributed by atoms with Gasteiger partial charge in [0.25, 0.3) is 5.91 Å². The highest BCUT2D eigenvalue weighted by Crippen LogP contribution is 2.42. The summed E-state index contributed by atoms with van der Waals surface area (Å²) in [4.78, 5) is 17.3. The monoisotopic (exact) mass is 379 g/mol. The van der Waals surface area contributed by atoms with E-state index in [1.165, 1.54) is 6.42 Å². The molecule has 0 spiro atoms. The van der Waals surface area contributed by atoms with Crippen molar-refractivity contribution in [2.45, 2.75) is 39.0 Å². The molecule has 0 aromatic heterocycles. The molecule has 5 nitrogen and oxygen atoms in total. The lowest BCUT2D eigenvalue weighted by atomic mass is 9.94. The number of amides is 1. The molecule has 1 fully saturated rings. The fraction of sp³-hybridized carbons (Fsp3) is 0.478. The molecule has 0 unspecified atom stereocenters. The molecule has 0 atom stereocenters. The van der Waals surface area contributed by atoms with Gasteiger partial charge in [-0.05, 0) is 25.7 Å². The van der Waals surface area contributed by atoms with Crippen LogP contribution in [0.2, 0.25) is 0 Å². The summed E-state index contributed by atoms with van der Waals surface area (Å²) in [6.07, 6.45) is 5.41. The second kappa shape index (κ2) is 8.97. The Kier molecular flexibility index (Phi) is 6.41. The number of methoxy groups -OCH3 is 1. The van der Waals surface area contributed by atoms with Gasteiger partial charge in [-0.3, -0.25) is 4.79 Å². The number of piperidine rings is 1. The van der Waals surface area contributed by atoms with Gasteiger partial charge in [0.1, 0.15) is 11.6 Å². The minimum Gasteiger partial charge on any atom is -0.494 e. The van der Waals surface area contributed by atoms with E-state index in [4.69, 9.17) is 4.74 Å². The highest BCUT2D eigenvalue weighted by molar-refractivity contribution is 6.14. The number of fused-ring (bicyclic) bond motifs is 1. The van der Waals surface area contributed by atoms with Crippen molar-refractivity contribution < 1.29 is 9.53 Å². The number of unbranched alkanes of at least 4 members (excludes halogenated alkanes) is 1. The number of rotatable bonds is 6. The van der Waals surface area contributed by atoms with Gasteiger partial charge >= 0.3 is 0 Å². The smallest absolute Gasteiger partial charge is 0.258 e. The van der Waals surface area contributed by atoms with Crippen LogP contribution in [0, 0.1) is 11.3 Å². The van der Waals surface area contributed by atoms with E-state index in [2.05, 4.69) is 17.9 Å². The first-order valence-electron chi connectivity index (χ1n) is 10.2. The van der Waals surface area contributed by atoms with Gasteiger partial charge in [0.05, 0.1) is 18.4 Å². The lowest BCUT2D eigenvalue weighted by Crippen LogP contribution is -2.31. The number of carbonyl (C=O) groups excluding carboxylic acids is 1. The largest absolute Gasteiger partial charge is 0.494 e. The van der Waals surface area contributed by atoms with Crippen LogP contribution >= 0.6 is 0 Å². The zero-order valence-corrected chi connectivity index (χ0v) is 17.1. The summed E-state index contributed by atoms with van der Waals surface area (Å²) < 4.78 is 5.69. The number of benzene rings is 2. The summed E-state index contributed by atoms with van der Waals surface area (Å²) in [5.41, 5.74) is 1.87. The van der Waals surface area contributed by atoms with Crippen LogP contribution in [0.15, 0.2) is 24.3 Å². The highest BCUT2D eigenvalue weighted by Gasteiger charge is 2.28. The minimum atomic E-state index is -0.0943. The van der Waals surface area contributed by atoms with Gasteiger partial charge < -0.3 is 14.5 Å². The number of nitriles is 1. The molecule has 148 valence electrons. The summed E-state index contributed by atoms with van der Waals surface area (Å²) in [7, 11) is 3.37. The summed E-state index contributed by atoms with van der Waals surface area (Å²) >= 11 is 0. The summed E-state index contributed by atoms with van der Waals surface area (Å²) in [5, 5.41) is 11.8. The molecular weight excluding hydrogens is 350 g/mol. The number of ether oxygens (including phenoxy) is 1. The molecular formula is C23H29N3O2. The molecule has 0 aliphatic carbocycles. The van der Waals surface area contributed by atoms with E-state index in [1.807, 2.05) is 31.3 Å². The SMILES string of the molecule is CCCCN(C)C(=O)c1c(OC)c(C#N)c(N2CCCCC2)c2ccccc12. The van der Waals surface area contributed by atoms with E-state index in [1.54, 1.807) is 12.0 Å². The van der Waals surface area contributed by atoms with E-state index >= 15 is 0 Å². The zero-order chi connectivity index (χ0) is 20.1. The van der Waals surface area contributed by atoms with Crippen molar-refractivity contribution in [2.24, 2.45) is 0 Å². The van der Waals surface area contributed by atoms with Crippen LogP contribution < -0.4 is 9.64 Å². The van der Waals surface area contributed by atoms with Crippen molar-refractivity contribution >= 4 is 22.4 Å². The Morgan fingerprint density at radius 3 is 2.50 bits per heavy atom. The third-order valence-electron chi connectivity index (χ3n) is 5.54. The second-order valence-corrected chi connectivity index (χ2v) is 7.42. The zero-order valence-electron chi connectivity index (χ0n) is 17.1. The molecule has 3 rings (SSSR count). The molecule has 1 aliphatic rings. The molecule has 2 aromatic carbocycles. The molecule has 1 amide bonds. The van der Waals surface area contributed by atoms with Gasteiger partial charge in [0.15, 0.2) is 5.75 Å². The molecule has 2 aromatic rings. The van der Waals surface area contributed by atoms with Gasteiger partial charge in [-0.2, -0.15) is 5.26 Å². The number of hydrogen-bond donors (Lipinski definition) is 0. The van der Waals surface area contributed by atoms with Crippen molar-refractivity contribution in [1.82, 2.24) is 4.90 Å². The predicted molar refractivity (Wildman–Crippen MR) is 113 cm³/mol. The van der Waals surface area contributed by atoms with E-state index in [0.717, 1.165) is 55.2 Å². The molecule has 28 heavy (non-hydrogen) atoms. The van der Waals surface area contributed by atoms with E-state index in [0.29, 0.717) is 23.4 Å². The third kappa shape index (κ3) is 3.64. The molecule has 1 saturated heterocycles. The Bertz CT molecular complexity index is 895. The van der Waals surface area contributed by atoms with Crippen LogP contribution in [-0.2, 0) is 0 Å². The topological polar surface area (TPSA) is 56.6 Å². The second-order valence-electron chi connectivity index (χ2n) is 7.42. The quantitative estimate of drug-likeness (QED) is 0.737. The number of nitrogens with zero attached hydrogens (tertiary/aromatic N) is 3. The Morgan fingerprint density at radius 2 is 1.89 bits per heavy atom.